The molecular weight excluding hydrogens is 324 g/mol. The van der Waals surface area contributed by atoms with E-state index in [1.165, 1.54) is 37.6 Å². The van der Waals surface area contributed by atoms with Gasteiger partial charge in [0.1, 0.15) is 5.82 Å². The van der Waals surface area contributed by atoms with Crippen LogP contribution in [-0.2, 0) is 11.4 Å². The van der Waals surface area contributed by atoms with Crippen molar-refractivity contribution in [3.63, 3.8) is 0 Å². The summed E-state index contributed by atoms with van der Waals surface area (Å²) in [6, 6.07) is 6.28. The fourth-order valence-electron chi connectivity index (χ4n) is 3.33. The third-order valence-electron chi connectivity index (χ3n) is 4.28. The summed E-state index contributed by atoms with van der Waals surface area (Å²) in [6.45, 7) is 2.35. The monoisotopic (exact) mass is 340 g/mol. The van der Waals surface area contributed by atoms with Crippen molar-refractivity contribution in [3.05, 3.63) is 28.5 Å². The fraction of sp³-hybridized carbons (Fsp3) is 0.533. The molecule has 2 nitrogen and oxygen atoms in total. The van der Waals surface area contributed by atoms with Crippen molar-refractivity contribution in [2.75, 3.05) is 0 Å². The number of hydrogen-bond acceptors (Lipinski definition) is 1. The molecule has 19 heavy (non-hydrogen) atoms. The molecule has 1 fully saturated rings. The maximum atomic E-state index is 6.13. The zero-order valence-electron chi connectivity index (χ0n) is 11.1. The van der Waals surface area contributed by atoms with Crippen LogP contribution in [0.1, 0.15) is 44.9 Å². The first kappa shape index (κ1) is 13.4. The molecule has 0 saturated heterocycles. The maximum Gasteiger partial charge on any atom is 0.125 e. The van der Waals surface area contributed by atoms with Gasteiger partial charge >= 0.3 is 0 Å². The molecule has 0 aliphatic heterocycles. The summed E-state index contributed by atoms with van der Waals surface area (Å²) in [5.74, 6) is 1.47. The SMILES string of the molecule is CC1(n2c(CCl)nc3ccc(Br)cc32)CCCCC1. The van der Waals surface area contributed by atoms with E-state index in [1.807, 2.05) is 6.07 Å². The van der Waals surface area contributed by atoms with E-state index in [9.17, 15) is 0 Å². The second-order valence-corrected chi connectivity index (χ2v) is 6.87. The van der Waals surface area contributed by atoms with Crippen molar-refractivity contribution in [2.24, 2.45) is 0 Å². The molecular formula is C15H18BrClN2. The number of nitrogens with zero attached hydrogens (tertiary/aromatic N) is 2. The Bertz CT molecular complexity index is 599. The lowest BCUT2D eigenvalue weighted by Gasteiger charge is -2.36. The first-order valence-electron chi connectivity index (χ1n) is 6.87. The standard InChI is InChI=1S/C15H18BrClN2/c1-15(7-3-2-4-8-15)19-13-9-11(16)5-6-12(13)18-14(19)10-17/h5-6,9H,2-4,7-8,10H2,1H3. The summed E-state index contributed by atoms with van der Waals surface area (Å²) in [7, 11) is 0. The van der Waals surface area contributed by atoms with Crippen molar-refractivity contribution in [3.8, 4) is 0 Å². The first-order chi connectivity index (χ1) is 9.14. The summed E-state index contributed by atoms with van der Waals surface area (Å²) < 4.78 is 3.49. The molecule has 0 atom stereocenters. The largest absolute Gasteiger partial charge is 0.321 e. The Morgan fingerprint density at radius 2 is 2.05 bits per heavy atom. The predicted octanol–water partition coefficient (Wildman–Crippen LogP) is 5.22. The average molecular weight is 342 g/mol. The van der Waals surface area contributed by atoms with Crippen molar-refractivity contribution < 1.29 is 0 Å². The lowest BCUT2D eigenvalue weighted by Crippen LogP contribution is -2.33. The number of imidazole rings is 1. The first-order valence-corrected chi connectivity index (χ1v) is 8.20. The zero-order chi connectivity index (χ0) is 13.5. The Kier molecular flexibility index (Phi) is 3.61. The number of hydrogen-bond donors (Lipinski definition) is 0. The van der Waals surface area contributed by atoms with E-state index >= 15 is 0 Å². The Morgan fingerprint density at radius 1 is 1.32 bits per heavy atom. The number of aromatic nitrogens is 2. The van der Waals surface area contributed by atoms with Crippen LogP contribution in [0, 0.1) is 0 Å². The summed E-state index contributed by atoms with van der Waals surface area (Å²) >= 11 is 9.69. The molecule has 0 unspecified atom stereocenters. The van der Waals surface area contributed by atoms with Gasteiger partial charge in [-0.05, 0) is 38.0 Å². The minimum Gasteiger partial charge on any atom is -0.321 e. The topological polar surface area (TPSA) is 17.8 Å². The molecule has 1 aromatic carbocycles. The number of benzene rings is 1. The van der Waals surface area contributed by atoms with Crippen LogP contribution in [0.15, 0.2) is 22.7 Å². The van der Waals surface area contributed by atoms with Crippen molar-refractivity contribution in [2.45, 2.75) is 50.4 Å². The van der Waals surface area contributed by atoms with E-state index in [4.69, 9.17) is 16.6 Å². The third kappa shape index (κ3) is 2.31. The minimum absolute atomic E-state index is 0.165. The van der Waals surface area contributed by atoms with Crippen LogP contribution in [0.3, 0.4) is 0 Å². The normalized spacial score (nSPS) is 18.9. The Morgan fingerprint density at radius 3 is 2.74 bits per heavy atom. The summed E-state index contributed by atoms with van der Waals surface area (Å²) in [5, 5.41) is 0. The van der Waals surface area contributed by atoms with E-state index in [1.54, 1.807) is 0 Å². The number of alkyl halides is 1. The summed E-state index contributed by atoms with van der Waals surface area (Å²) in [4.78, 5) is 4.70. The van der Waals surface area contributed by atoms with Crippen LogP contribution >= 0.6 is 27.5 Å². The quantitative estimate of drug-likeness (QED) is 0.685. The smallest absolute Gasteiger partial charge is 0.125 e. The molecule has 0 amide bonds. The van der Waals surface area contributed by atoms with Crippen LogP contribution in [-0.4, -0.2) is 9.55 Å². The van der Waals surface area contributed by atoms with Gasteiger partial charge in [0, 0.05) is 10.0 Å². The van der Waals surface area contributed by atoms with E-state index < -0.39 is 0 Å². The van der Waals surface area contributed by atoms with Gasteiger partial charge in [-0.15, -0.1) is 11.6 Å². The number of halogens is 2. The van der Waals surface area contributed by atoms with Crippen LogP contribution in [0.4, 0.5) is 0 Å². The van der Waals surface area contributed by atoms with E-state index in [0.717, 1.165) is 15.8 Å². The highest BCUT2D eigenvalue weighted by Gasteiger charge is 2.32. The maximum absolute atomic E-state index is 6.13. The third-order valence-corrected chi connectivity index (χ3v) is 5.01. The Labute approximate surface area is 127 Å². The highest BCUT2D eigenvalue weighted by Crippen LogP contribution is 2.38. The molecule has 1 saturated carbocycles. The van der Waals surface area contributed by atoms with Crippen LogP contribution in [0.2, 0.25) is 0 Å². The molecule has 1 aromatic heterocycles. The highest BCUT2D eigenvalue weighted by molar-refractivity contribution is 9.10. The molecule has 0 N–H and O–H groups in total. The molecule has 102 valence electrons. The van der Waals surface area contributed by atoms with Gasteiger partial charge < -0.3 is 4.57 Å². The Balaban J connectivity index is 2.22. The molecule has 0 radical (unpaired) electrons. The second kappa shape index (κ2) is 5.10. The van der Waals surface area contributed by atoms with Crippen molar-refractivity contribution >= 4 is 38.6 Å². The van der Waals surface area contributed by atoms with E-state index in [0.29, 0.717) is 5.88 Å². The van der Waals surface area contributed by atoms with Gasteiger partial charge in [0.15, 0.2) is 0 Å². The van der Waals surface area contributed by atoms with Gasteiger partial charge in [0.25, 0.3) is 0 Å². The van der Waals surface area contributed by atoms with Crippen molar-refractivity contribution in [1.29, 1.82) is 0 Å². The van der Waals surface area contributed by atoms with Gasteiger partial charge in [0.05, 0.1) is 16.9 Å². The number of fused-ring (bicyclic) bond motifs is 1. The van der Waals surface area contributed by atoms with E-state index in [-0.39, 0.29) is 5.54 Å². The molecule has 0 spiro atoms. The van der Waals surface area contributed by atoms with Gasteiger partial charge in [-0.3, -0.25) is 0 Å². The van der Waals surface area contributed by atoms with Crippen LogP contribution < -0.4 is 0 Å². The van der Waals surface area contributed by atoms with Gasteiger partial charge in [-0.1, -0.05) is 35.2 Å². The molecule has 4 heteroatoms. The lowest BCUT2D eigenvalue weighted by molar-refractivity contribution is 0.220. The fourth-order valence-corrected chi connectivity index (χ4v) is 3.86. The molecule has 1 aliphatic rings. The van der Waals surface area contributed by atoms with Crippen LogP contribution in [0.5, 0.6) is 0 Å². The Hall–Kier alpha value is -0.540. The van der Waals surface area contributed by atoms with E-state index in [2.05, 4.69) is 39.6 Å². The molecule has 0 bridgehead atoms. The van der Waals surface area contributed by atoms with Gasteiger partial charge in [0.2, 0.25) is 0 Å². The lowest BCUT2D eigenvalue weighted by atomic mass is 9.83. The predicted molar refractivity (Wildman–Crippen MR) is 83.7 cm³/mol. The molecule has 1 aliphatic carbocycles. The molecule has 2 aromatic rings. The van der Waals surface area contributed by atoms with Gasteiger partial charge in [-0.25, -0.2) is 4.98 Å². The summed E-state index contributed by atoms with van der Waals surface area (Å²) in [5.41, 5.74) is 2.41. The molecule has 1 heterocycles. The second-order valence-electron chi connectivity index (χ2n) is 5.69. The minimum atomic E-state index is 0.165. The zero-order valence-corrected chi connectivity index (χ0v) is 13.5. The molecule has 3 rings (SSSR count). The number of rotatable bonds is 2. The average Bonchev–Trinajstić information content (AvgIpc) is 2.78. The van der Waals surface area contributed by atoms with Crippen molar-refractivity contribution in [1.82, 2.24) is 9.55 Å². The highest BCUT2D eigenvalue weighted by atomic mass is 79.9. The van der Waals surface area contributed by atoms with Gasteiger partial charge in [-0.2, -0.15) is 0 Å². The summed E-state index contributed by atoms with van der Waals surface area (Å²) in [6.07, 6.45) is 6.38. The van der Waals surface area contributed by atoms with Crippen LogP contribution in [0.25, 0.3) is 11.0 Å².